The summed E-state index contributed by atoms with van der Waals surface area (Å²) in [5.41, 5.74) is 1.96. The van der Waals surface area contributed by atoms with Crippen LogP contribution in [0.2, 0.25) is 0 Å². The maximum Gasteiger partial charge on any atom is 0.177 e. The zero-order valence-electron chi connectivity index (χ0n) is 10.3. The molecule has 1 aliphatic heterocycles. The van der Waals surface area contributed by atoms with Crippen molar-refractivity contribution in [2.24, 2.45) is 0 Å². The summed E-state index contributed by atoms with van der Waals surface area (Å²) in [5.74, 6) is 2.64. The molecule has 3 heteroatoms. The van der Waals surface area contributed by atoms with Gasteiger partial charge in [0.05, 0.1) is 6.54 Å². The summed E-state index contributed by atoms with van der Waals surface area (Å²) in [6, 6.07) is 7.86. The van der Waals surface area contributed by atoms with Crippen LogP contribution in [0, 0.1) is 6.92 Å². The third-order valence-corrected chi connectivity index (χ3v) is 4.18. The van der Waals surface area contributed by atoms with Gasteiger partial charge in [0.25, 0.3) is 0 Å². The Morgan fingerprint density at radius 2 is 2.12 bits per heavy atom. The largest absolute Gasteiger partial charge is 0.295 e. The fourth-order valence-electron chi connectivity index (χ4n) is 2.13. The van der Waals surface area contributed by atoms with E-state index >= 15 is 0 Å². The van der Waals surface area contributed by atoms with E-state index in [4.69, 9.17) is 0 Å². The van der Waals surface area contributed by atoms with Gasteiger partial charge in [-0.3, -0.25) is 9.69 Å². The van der Waals surface area contributed by atoms with E-state index < -0.39 is 0 Å². The first kappa shape index (κ1) is 12.7. The smallest absolute Gasteiger partial charge is 0.177 e. The van der Waals surface area contributed by atoms with Gasteiger partial charge >= 0.3 is 0 Å². The maximum atomic E-state index is 12.2. The van der Waals surface area contributed by atoms with Crippen LogP contribution in [0.5, 0.6) is 0 Å². The summed E-state index contributed by atoms with van der Waals surface area (Å²) in [6.07, 6.45) is 1.20. The Morgan fingerprint density at radius 3 is 2.94 bits per heavy atom. The second kappa shape index (κ2) is 6.22. The van der Waals surface area contributed by atoms with Crippen molar-refractivity contribution in [1.82, 2.24) is 4.90 Å². The van der Waals surface area contributed by atoms with Crippen LogP contribution in [-0.2, 0) is 0 Å². The molecule has 17 heavy (non-hydrogen) atoms. The second-order valence-electron chi connectivity index (χ2n) is 4.48. The average molecular weight is 249 g/mol. The van der Waals surface area contributed by atoms with Gasteiger partial charge in [-0.2, -0.15) is 11.8 Å². The molecule has 0 spiro atoms. The fourth-order valence-corrected chi connectivity index (χ4v) is 3.05. The van der Waals surface area contributed by atoms with Crippen molar-refractivity contribution in [3.05, 3.63) is 35.4 Å². The Hall–Kier alpha value is -0.800. The molecule has 0 unspecified atom stereocenters. The van der Waals surface area contributed by atoms with Gasteiger partial charge in [0.1, 0.15) is 0 Å². The third-order valence-electron chi connectivity index (χ3n) is 3.13. The van der Waals surface area contributed by atoms with Crippen LogP contribution < -0.4 is 0 Å². The molecular formula is C14H19NOS. The standard InChI is InChI=1S/C14H19NOS/c1-12-5-2-3-6-13(12)14(16)11-15-7-4-9-17-10-8-15/h2-3,5-6H,4,7-11H2,1H3. The number of ketones is 1. The summed E-state index contributed by atoms with van der Waals surface area (Å²) in [4.78, 5) is 14.5. The second-order valence-corrected chi connectivity index (χ2v) is 5.70. The lowest BCUT2D eigenvalue weighted by molar-refractivity contribution is 0.0935. The Kier molecular flexibility index (Phi) is 4.63. The molecule has 0 aromatic heterocycles. The van der Waals surface area contributed by atoms with Gasteiger partial charge in [-0.1, -0.05) is 24.3 Å². The molecule has 1 heterocycles. The minimum atomic E-state index is 0.259. The first-order valence-electron chi connectivity index (χ1n) is 6.16. The van der Waals surface area contributed by atoms with Gasteiger partial charge in [0, 0.05) is 17.9 Å². The maximum absolute atomic E-state index is 12.2. The van der Waals surface area contributed by atoms with Gasteiger partial charge in [-0.15, -0.1) is 0 Å². The molecule has 1 fully saturated rings. The Labute approximate surface area is 107 Å². The van der Waals surface area contributed by atoms with Crippen LogP contribution in [0.1, 0.15) is 22.3 Å². The number of Topliss-reactive ketones (excluding diaryl/α,β-unsaturated/α-hetero) is 1. The summed E-state index contributed by atoms with van der Waals surface area (Å²) < 4.78 is 0. The predicted octanol–water partition coefficient (Wildman–Crippen LogP) is 2.62. The third kappa shape index (κ3) is 3.58. The van der Waals surface area contributed by atoms with E-state index in [1.807, 2.05) is 43.0 Å². The van der Waals surface area contributed by atoms with Crippen LogP contribution in [0.3, 0.4) is 0 Å². The van der Waals surface area contributed by atoms with Crippen LogP contribution in [-0.4, -0.2) is 41.8 Å². The molecule has 2 rings (SSSR count). The lowest BCUT2D eigenvalue weighted by atomic mass is 10.0. The summed E-state index contributed by atoms with van der Waals surface area (Å²) >= 11 is 1.99. The average Bonchev–Trinajstić information content (AvgIpc) is 2.58. The number of thioether (sulfide) groups is 1. The summed E-state index contributed by atoms with van der Waals surface area (Å²) in [7, 11) is 0. The molecule has 1 aliphatic rings. The van der Waals surface area contributed by atoms with Gasteiger partial charge in [0.15, 0.2) is 5.78 Å². The molecule has 0 atom stereocenters. The Bertz CT molecular complexity index is 384. The lowest BCUT2D eigenvalue weighted by Crippen LogP contribution is -2.32. The summed E-state index contributed by atoms with van der Waals surface area (Å²) in [5, 5.41) is 0. The van der Waals surface area contributed by atoms with E-state index in [1.54, 1.807) is 0 Å². The fraction of sp³-hybridized carbons (Fsp3) is 0.500. The zero-order chi connectivity index (χ0) is 12.1. The molecule has 1 aromatic rings. The van der Waals surface area contributed by atoms with Crippen LogP contribution >= 0.6 is 11.8 Å². The van der Waals surface area contributed by atoms with Crippen molar-refractivity contribution < 1.29 is 4.79 Å². The van der Waals surface area contributed by atoms with E-state index in [9.17, 15) is 4.79 Å². The first-order chi connectivity index (χ1) is 8.27. The number of nitrogens with zero attached hydrogens (tertiary/aromatic N) is 1. The molecular weight excluding hydrogens is 230 g/mol. The lowest BCUT2D eigenvalue weighted by Gasteiger charge is -2.18. The van der Waals surface area contributed by atoms with Crippen LogP contribution in [0.4, 0.5) is 0 Å². The van der Waals surface area contributed by atoms with Crippen LogP contribution in [0.15, 0.2) is 24.3 Å². The molecule has 0 N–H and O–H groups in total. The molecule has 0 saturated carbocycles. The highest BCUT2D eigenvalue weighted by atomic mass is 32.2. The SMILES string of the molecule is Cc1ccccc1C(=O)CN1CCCSCC1. The molecule has 1 aromatic carbocycles. The minimum Gasteiger partial charge on any atom is -0.295 e. The van der Waals surface area contributed by atoms with Crippen molar-refractivity contribution in [2.75, 3.05) is 31.1 Å². The van der Waals surface area contributed by atoms with Crippen molar-refractivity contribution >= 4 is 17.5 Å². The number of rotatable bonds is 3. The zero-order valence-corrected chi connectivity index (χ0v) is 11.1. The molecule has 0 aliphatic carbocycles. The number of benzene rings is 1. The van der Waals surface area contributed by atoms with E-state index in [0.29, 0.717) is 6.54 Å². The number of carbonyl (C=O) groups is 1. The van der Waals surface area contributed by atoms with E-state index in [2.05, 4.69) is 4.90 Å². The predicted molar refractivity (Wildman–Crippen MR) is 73.9 cm³/mol. The van der Waals surface area contributed by atoms with Crippen molar-refractivity contribution in [2.45, 2.75) is 13.3 Å². The molecule has 1 saturated heterocycles. The van der Waals surface area contributed by atoms with Crippen LogP contribution in [0.25, 0.3) is 0 Å². The highest BCUT2D eigenvalue weighted by Gasteiger charge is 2.15. The van der Waals surface area contributed by atoms with E-state index in [1.165, 1.54) is 12.2 Å². The molecule has 0 bridgehead atoms. The summed E-state index contributed by atoms with van der Waals surface area (Å²) in [6.45, 7) is 4.68. The molecule has 92 valence electrons. The van der Waals surface area contributed by atoms with E-state index in [-0.39, 0.29) is 5.78 Å². The molecule has 0 amide bonds. The monoisotopic (exact) mass is 249 g/mol. The Balaban J connectivity index is 1.98. The quantitative estimate of drug-likeness (QED) is 0.768. The topological polar surface area (TPSA) is 20.3 Å². The molecule has 0 radical (unpaired) electrons. The van der Waals surface area contributed by atoms with Crippen molar-refractivity contribution in [1.29, 1.82) is 0 Å². The van der Waals surface area contributed by atoms with Gasteiger partial charge in [-0.05, 0) is 31.2 Å². The van der Waals surface area contributed by atoms with Gasteiger partial charge < -0.3 is 0 Å². The highest BCUT2D eigenvalue weighted by Crippen LogP contribution is 2.12. The normalized spacial score (nSPS) is 17.7. The molecule has 2 nitrogen and oxygen atoms in total. The van der Waals surface area contributed by atoms with Gasteiger partial charge in [-0.25, -0.2) is 0 Å². The number of aryl methyl sites for hydroxylation is 1. The van der Waals surface area contributed by atoms with Crippen molar-refractivity contribution in [3.63, 3.8) is 0 Å². The highest BCUT2D eigenvalue weighted by molar-refractivity contribution is 7.99. The Morgan fingerprint density at radius 1 is 1.29 bits per heavy atom. The van der Waals surface area contributed by atoms with E-state index in [0.717, 1.165) is 30.0 Å². The number of carbonyl (C=O) groups excluding carboxylic acids is 1. The number of hydrogen-bond acceptors (Lipinski definition) is 3. The van der Waals surface area contributed by atoms with Gasteiger partial charge in [0.2, 0.25) is 0 Å². The minimum absolute atomic E-state index is 0.259. The number of hydrogen-bond donors (Lipinski definition) is 0. The van der Waals surface area contributed by atoms with Crippen molar-refractivity contribution in [3.8, 4) is 0 Å². The first-order valence-corrected chi connectivity index (χ1v) is 7.32.